The Labute approximate surface area is 115 Å². The van der Waals surface area contributed by atoms with Crippen LogP contribution in [0.1, 0.15) is 11.1 Å². The largest absolute Gasteiger partial charge is 0.355 e. The van der Waals surface area contributed by atoms with E-state index in [2.05, 4.69) is 46.7 Å². The number of nitrogens with zero attached hydrogens (tertiary/aromatic N) is 1. The van der Waals surface area contributed by atoms with Crippen molar-refractivity contribution in [2.75, 3.05) is 39.3 Å². The lowest BCUT2D eigenvalue weighted by Crippen LogP contribution is -2.47. The molecule has 1 heterocycles. The Kier molecular flexibility index (Phi) is 5.36. The smallest absolute Gasteiger partial charge is 0.234 e. The lowest BCUT2D eigenvalue weighted by atomic mass is 10.1. The zero-order chi connectivity index (χ0) is 13.5. The SMILES string of the molecule is Cc1ccc(CCNC(=O)CN2CCNCC2)cc1. The summed E-state index contributed by atoms with van der Waals surface area (Å²) in [5, 5.41) is 6.28. The first-order valence-electron chi connectivity index (χ1n) is 6.99. The summed E-state index contributed by atoms with van der Waals surface area (Å²) in [6.45, 7) is 7.21. The monoisotopic (exact) mass is 261 g/mol. The van der Waals surface area contributed by atoms with Gasteiger partial charge in [-0.25, -0.2) is 0 Å². The molecule has 2 N–H and O–H groups in total. The Morgan fingerprint density at radius 1 is 1.26 bits per heavy atom. The van der Waals surface area contributed by atoms with E-state index in [0.29, 0.717) is 13.1 Å². The number of amides is 1. The highest BCUT2D eigenvalue weighted by atomic mass is 16.2. The molecule has 0 bridgehead atoms. The van der Waals surface area contributed by atoms with Gasteiger partial charge in [-0.05, 0) is 18.9 Å². The number of benzene rings is 1. The third-order valence-electron chi connectivity index (χ3n) is 3.43. The molecule has 19 heavy (non-hydrogen) atoms. The minimum absolute atomic E-state index is 0.133. The van der Waals surface area contributed by atoms with Crippen LogP contribution in [0.4, 0.5) is 0 Å². The Bertz CT molecular complexity index is 396. The van der Waals surface area contributed by atoms with E-state index in [9.17, 15) is 4.79 Å². The summed E-state index contributed by atoms with van der Waals surface area (Å²) in [5.41, 5.74) is 2.54. The molecule has 4 nitrogen and oxygen atoms in total. The van der Waals surface area contributed by atoms with Crippen LogP contribution in [0.3, 0.4) is 0 Å². The lowest BCUT2D eigenvalue weighted by Gasteiger charge is -2.26. The second-order valence-electron chi connectivity index (χ2n) is 5.11. The van der Waals surface area contributed by atoms with Gasteiger partial charge in [-0.1, -0.05) is 29.8 Å². The number of piperazine rings is 1. The van der Waals surface area contributed by atoms with Crippen molar-refractivity contribution in [3.8, 4) is 0 Å². The van der Waals surface area contributed by atoms with Gasteiger partial charge in [-0.3, -0.25) is 9.69 Å². The van der Waals surface area contributed by atoms with Crippen LogP contribution < -0.4 is 10.6 Å². The van der Waals surface area contributed by atoms with E-state index >= 15 is 0 Å². The predicted molar refractivity (Wildman–Crippen MR) is 77.2 cm³/mol. The van der Waals surface area contributed by atoms with Gasteiger partial charge in [0.15, 0.2) is 0 Å². The molecule has 1 aromatic rings. The first kappa shape index (κ1) is 14.0. The van der Waals surface area contributed by atoms with Crippen molar-refractivity contribution in [2.45, 2.75) is 13.3 Å². The van der Waals surface area contributed by atoms with E-state index in [1.54, 1.807) is 0 Å². The molecule has 0 spiro atoms. The van der Waals surface area contributed by atoms with E-state index in [-0.39, 0.29) is 5.91 Å². The van der Waals surface area contributed by atoms with Gasteiger partial charge in [-0.2, -0.15) is 0 Å². The van der Waals surface area contributed by atoms with Gasteiger partial charge in [-0.15, -0.1) is 0 Å². The van der Waals surface area contributed by atoms with Crippen LogP contribution in [0.5, 0.6) is 0 Å². The maximum Gasteiger partial charge on any atom is 0.234 e. The van der Waals surface area contributed by atoms with Crippen LogP contribution in [0, 0.1) is 6.92 Å². The average molecular weight is 261 g/mol. The summed E-state index contributed by atoms with van der Waals surface area (Å²) in [6.07, 6.45) is 0.896. The molecule has 4 heteroatoms. The van der Waals surface area contributed by atoms with Crippen molar-refractivity contribution >= 4 is 5.91 Å². The van der Waals surface area contributed by atoms with Crippen molar-refractivity contribution in [2.24, 2.45) is 0 Å². The zero-order valence-corrected chi connectivity index (χ0v) is 11.6. The first-order valence-corrected chi connectivity index (χ1v) is 6.99. The summed E-state index contributed by atoms with van der Waals surface area (Å²) in [7, 11) is 0. The minimum Gasteiger partial charge on any atom is -0.355 e. The molecule has 1 aliphatic rings. The fourth-order valence-corrected chi connectivity index (χ4v) is 2.23. The number of hydrogen-bond donors (Lipinski definition) is 2. The summed E-state index contributed by atoms with van der Waals surface area (Å²) >= 11 is 0. The number of hydrogen-bond acceptors (Lipinski definition) is 3. The van der Waals surface area contributed by atoms with Gasteiger partial charge in [0.2, 0.25) is 5.91 Å². The molecular weight excluding hydrogens is 238 g/mol. The van der Waals surface area contributed by atoms with Crippen molar-refractivity contribution in [1.82, 2.24) is 15.5 Å². The summed E-state index contributed by atoms with van der Waals surface area (Å²) in [5.74, 6) is 0.133. The van der Waals surface area contributed by atoms with Crippen molar-refractivity contribution in [1.29, 1.82) is 0 Å². The maximum atomic E-state index is 11.8. The molecule has 2 rings (SSSR count). The highest BCUT2D eigenvalue weighted by Crippen LogP contribution is 2.03. The lowest BCUT2D eigenvalue weighted by molar-refractivity contribution is -0.122. The molecule has 1 saturated heterocycles. The quantitative estimate of drug-likeness (QED) is 0.814. The molecule has 1 amide bonds. The van der Waals surface area contributed by atoms with Crippen LogP contribution >= 0.6 is 0 Å². The second kappa shape index (κ2) is 7.26. The highest BCUT2D eigenvalue weighted by molar-refractivity contribution is 5.78. The molecule has 0 saturated carbocycles. The zero-order valence-electron chi connectivity index (χ0n) is 11.6. The molecular formula is C15H23N3O. The van der Waals surface area contributed by atoms with E-state index in [0.717, 1.165) is 32.6 Å². The van der Waals surface area contributed by atoms with Crippen LogP contribution in [0.2, 0.25) is 0 Å². The van der Waals surface area contributed by atoms with E-state index in [1.807, 2.05) is 0 Å². The molecule has 0 atom stereocenters. The highest BCUT2D eigenvalue weighted by Gasteiger charge is 2.12. The molecule has 1 aliphatic heterocycles. The summed E-state index contributed by atoms with van der Waals surface area (Å²) in [6, 6.07) is 8.46. The standard InChI is InChI=1S/C15H23N3O/c1-13-2-4-14(5-3-13)6-7-17-15(19)12-18-10-8-16-9-11-18/h2-5,16H,6-12H2,1H3,(H,17,19). The minimum atomic E-state index is 0.133. The molecule has 0 radical (unpaired) electrons. The number of nitrogens with one attached hydrogen (secondary N) is 2. The molecule has 0 unspecified atom stereocenters. The third kappa shape index (κ3) is 5.01. The van der Waals surface area contributed by atoms with Crippen molar-refractivity contribution in [3.63, 3.8) is 0 Å². The molecule has 1 aromatic carbocycles. The molecule has 104 valence electrons. The fourth-order valence-electron chi connectivity index (χ4n) is 2.23. The number of carbonyl (C=O) groups is 1. The van der Waals surface area contributed by atoms with Gasteiger partial charge in [0.25, 0.3) is 0 Å². The van der Waals surface area contributed by atoms with Crippen LogP contribution in [-0.2, 0) is 11.2 Å². The Hall–Kier alpha value is -1.39. The molecule has 1 fully saturated rings. The van der Waals surface area contributed by atoms with E-state index in [1.165, 1.54) is 11.1 Å². The second-order valence-corrected chi connectivity index (χ2v) is 5.11. The predicted octanol–water partition coefficient (Wildman–Crippen LogP) is 0.559. The molecule has 0 aromatic heterocycles. The van der Waals surface area contributed by atoms with Gasteiger partial charge in [0.05, 0.1) is 6.54 Å². The average Bonchev–Trinajstić information content (AvgIpc) is 2.42. The topological polar surface area (TPSA) is 44.4 Å². The molecule has 0 aliphatic carbocycles. The van der Waals surface area contributed by atoms with Crippen molar-refractivity contribution < 1.29 is 4.79 Å². The Morgan fingerprint density at radius 2 is 1.95 bits per heavy atom. The summed E-state index contributed by atoms with van der Waals surface area (Å²) < 4.78 is 0. The van der Waals surface area contributed by atoms with Crippen LogP contribution in [-0.4, -0.2) is 50.1 Å². The summed E-state index contributed by atoms with van der Waals surface area (Å²) in [4.78, 5) is 14.0. The first-order chi connectivity index (χ1) is 9.24. The van der Waals surface area contributed by atoms with Crippen molar-refractivity contribution in [3.05, 3.63) is 35.4 Å². The van der Waals surface area contributed by atoms with Gasteiger partial charge in [0, 0.05) is 32.7 Å². The normalized spacial score (nSPS) is 16.3. The van der Waals surface area contributed by atoms with Gasteiger partial charge in [0.1, 0.15) is 0 Å². The van der Waals surface area contributed by atoms with Gasteiger partial charge < -0.3 is 10.6 Å². The Morgan fingerprint density at radius 3 is 2.63 bits per heavy atom. The number of carbonyl (C=O) groups excluding carboxylic acids is 1. The number of rotatable bonds is 5. The maximum absolute atomic E-state index is 11.8. The van der Waals surface area contributed by atoms with Crippen LogP contribution in [0.25, 0.3) is 0 Å². The fraction of sp³-hybridized carbons (Fsp3) is 0.533. The van der Waals surface area contributed by atoms with Crippen LogP contribution in [0.15, 0.2) is 24.3 Å². The van der Waals surface area contributed by atoms with E-state index < -0.39 is 0 Å². The van der Waals surface area contributed by atoms with E-state index in [4.69, 9.17) is 0 Å². The Balaban J connectivity index is 1.64. The van der Waals surface area contributed by atoms with Gasteiger partial charge >= 0.3 is 0 Å². The third-order valence-corrected chi connectivity index (χ3v) is 3.43. The number of aryl methyl sites for hydroxylation is 1.